The van der Waals surface area contributed by atoms with Crippen molar-refractivity contribution in [3.05, 3.63) is 58.6 Å². The molecule has 0 aliphatic rings. The third kappa shape index (κ3) is 4.31. The van der Waals surface area contributed by atoms with Crippen LogP contribution in [-0.4, -0.2) is 16.1 Å². The minimum atomic E-state index is -0.493. The predicted molar refractivity (Wildman–Crippen MR) is 77.9 cm³/mol. The summed E-state index contributed by atoms with van der Waals surface area (Å²) >= 11 is 3.26. The maximum absolute atomic E-state index is 11.7. The smallest absolute Gasteiger partial charge is 0.408 e. The normalized spacial score (nSPS) is 11.7. The fourth-order valence-electron chi connectivity index (χ4n) is 1.55. The zero-order valence-electron chi connectivity index (χ0n) is 10.9. The van der Waals surface area contributed by atoms with Gasteiger partial charge in [-0.25, -0.2) is 14.8 Å². The molecule has 2 aromatic rings. The highest BCUT2D eigenvalue weighted by Crippen LogP contribution is 2.10. The molecule has 6 heteroatoms. The first-order valence-corrected chi connectivity index (χ1v) is 6.89. The Morgan fingerprint density at radius 2 is 1.95 bits per heavy atom. The Balaban J connectivity index is 1.83. The number of carbonyl (C=O) groups excluding carboxylic acids is 1. The number of nitrogens with zero attached hydrogens (tertiary/aromatic N) is 2. The summed E-state index contributed by atoms with van der Waals surface area (Å²) in [5, 5.41) is 2.68. The molecule has 1 heterocycles. The molecular weight excluding hydrogens is 322 g/mol. The Bertz CT molecular complexity index is 560. The van der Waals surface area contributed by atoms with E-state index in [2.05, 4.69) is 31.2 Å². The summed E-state index contributed by atoms with van der Waals surface area (Å²) < 4.78 is 5.92. The van der Waals surface area contributed by atoms with Gasteiger partial charge in [-0.1, -0.05) is 30.3 Å². The molecule has 1 N–H and O–H groups in total. The van der Waals surface area contributed by atoms with Crippen LogP contribution in [-0.2, 0) is 11.3 Å². The molecule has 104 valence electrons. The average Bonchev–Trinajstić information content (AvgIpc) is 2.47. The summed E-state index contributed by atoms with van der Waals surface area (Å²) in [5.41, 5.74) is 0.940. The molecule has 5 nitrogen and oxygen atoms in total. The van der Waals surface area contributed by atoms with Gasteiger partial charge >= 0.3 is 6.09 Å². The van der Waals surface area contributed by atoms with Crippen LogP contribution in [0.1, 0.15) is 24.4 Å². The minimum Gasteiger partial charge on any atom is -0.445 e. The lowest BCUT2D eigenvalue weighted by Gasteiger charge is -2.12. The summed E-state index contributed by atoms with van der Waals surface area (Å²) in [6.45, 7) is 2.04. The molecule has 0 spiro atoms. The summed E-state index contributed by atoms with van der Waals surface area (Å²) in [4.78, 5) is 19.9. The van der Waals surface area contributed by atoms with Crippen LogP contribution in [0.15, 0.2) is 47.2 Å². The van der Waals surface area contributed by atoms with Crippen LogP contribution in [0.3, 0.4) is 0 Å². The van der Waals surface area contributed by atoms with Gasteiger partial charge in [-0.3, -0.25) is 0 Å². The summed E-state index contributed by atoms with van der Waals surface area (Å²) in [5.74, 6) is 0.532. The van der Waals surface area contributed by atoms with E-state index in [0.29, 0.717) is 5.82 Å². The molecule has 20 heavy (non-hydrogen) atoms. The van der Waals surface area contributed by atoms with Crippen molar-refractivity contribution in [3.63, 3.8) is 0 Å². The highest BCUT2D eigenvalue weighted by atomic mass is 79.9. The first kappa shape index (κ1) is 14.5. The number of rotatable bonds is 4. The first-order valence-electron chi connectivity index (χ1n) is 6.10. The number of alkyl carbamates (subject to hydrolysis) is 1. The molecule has 0 radical (unpaired) electrons. The van der Waals surface area contributed by atoms with Gasteiger partial charge in [-0.05, 0) is 28.4 Å². The molecule has 0 aliphatic carbocycles. The highest BCUT2D eigenvalue weighted by molar-refractivity contribution is 9.10. The van der Waals surface area contributed by atoms with Crippen molar-refractivity contribution in [1.82, 2.24) is 15.3 Å². The molecule has 0 fully saturated rings. The summed E-state index contributed by atoms with van der Waals surface area (Å²) in [7, 11) is 0. The Hall–Kier alpha value is -1.95. The fourth-order valence-corrected chi connectivity index (χ4v) is 1.76. The third-order valence-corrected chi connectivity index (χ3v) is 2.98. The van der Waals surface area contributed by atoms with Gasteiger partial charge in [0, 0.05) is 12.4 Å². The highest BCUT2D eigenvalue weighted by Gasteiger charge is 2.12. The number of amides is 1. The zero-order valence-corrected chi connectivity index (χ0v) is 12.5. The summed E-state index contributed by atoms with van der Waals surface area (Å²) in [6, 6.07) is 9.19. The van der Waals surface area contributed by atoms with Gasteiger partial charge in [-0.2, -0.15) is 0 Å². The van der Waals surface area contributed by atoms with Gasteiger partial charge in [0.2, 0.25) is 0 Å². The number of hydrogen-bond acceptors (Lipinski definition) is 4. The van der Waals surface area contributed by atoms with Crippen LogP contribution in [0.25, 0.3) is 0 Å². The van der Waals surface area contributed by atoms with Crippen molar-refractivity contribution in [2.75, 3.05) is 0 Å². The van der Waals surface area contributed by atoms with Gasteiger partial charge in [0.1, 0.15) is 12.4 Å². The fraction of sp³-hybridized carbons (Fsp3) is 0.214. The maximum atomic E-state index is 11.7. The van der Waals surface area contributed by atoms with E-state index in [1.54, 1.807) is 19.3 Å². The Kier molecular flexibility index (Phi) is 5.06. The summed E-state index contributed by atoms with van der Waals surface area (Å²) in [6.07, 6.45) is 2.78. The lowest BCUT2D eigenvalue weighted by atomic mass is 10.2. The molecule has 1 aromatic carbocycles. The Labute approximate surface area is 125 Å². The predicted octanol–water partition coefficient (Wildman–Crippen LogP) is 3.23. The van der Waals surface area contributed by atoms with Crippen molar-refractivity contribution < 1.29 is 9.53 Å². The lowest BCUT2D eigenvalue weighted by molar-refractivity contribution is 0.136. The van der Waals surface area contributed by atoms with E-state index >= 15 is 0 Å². The number of ether oxygens (including phenoxy) is 1. The number of aromatic nitrogens is 2. The van der Waals surface area contributed by atoms with Gasteiger partial charge in [0.25, 0.3) is 0 Å². The van der Waals surface area contributed by atoms with Crippen molar-refractivity contribution in [1.29, 1.82) is 0 Å². The average molecular weight is 336 g/mol. The molecule has 1 unspecified atom stereocenters. The molecule has 0 saturated carbocycles. The molecule has 1 atom stereocenters. The van der Waals surface area contributed by atoms with Crippen LogP contribution in [0.4, 0.5) is 4.79 Å². The quantitative estimate of drug-likeness (QED) is 0.931. The second kappa shape index (κ2) is 7.00. The molecule has 0 aliphatic heterocycles. The molecule has 0 bridgehead atoms. The molecule has 1 aromatic heterocycles. The van der Waals surface area contributed by atoms with Gasteiger partial charge in [-0.15, -0.1) is 0 Å². The monoisotopic (exact) mass is 335 g/mol. The SMILES string of the molecule is CC(NC(=O)OCc1ccccc1)c1ncc(Br)cn1. The van der Waals surface area contributed by atoms with E-state index in [1.807, 2.05) is 30.3 Å². The van der Waals surface area contributed by atoms with Crippen molar-refractivity contribution >= 4 is 22.0 Å². The standard InChI is InChI=1S/C14H14BrN3O2/c1-10(13-16-7-12(15)8-17-13)18-14(19)20-9-11-5-3-2-4-6-11/h2-8,10H,9H2,1H3,(H,18,19). The molecular formula is C14H14BrN3O2. The minimum absolute atomic E-state index is 0.237. The zero-order chi connectivity index (χ0) is 14.4. The molecule has 2 rings (SSSR count). The molecule has 0 saturated heterocycles. The number of hydrogen-bond donors (Lipinski definition) is 1. The van der Waals surface area contributed by atoms with Crippen LogP contribution in [0.5, 0.6) is 0 Å². The van der Waals surface area contributed by atoms with Crippen molar-refractivity contribution in [2.24, 2.45) is 0 Å². The van der Waals surface area contributed by atoms with Gasteiger partial charge in [0.15, 0.2) is 0 Å². The van der Waals surface area contributed by atoms with Crippen LogP contribution < -0.4 is 5.32 Å². The second-order valence-corrected chi connectivity index (χ2v) is 5.10. The van der Waals surface area contributed by atoms with E-state index in [1.165, 1.54) is 0 Å². The van der Waals surface area contributed by atoms with Crippen LogP contribution in [0, 0.1) is 0 Å². The Morgan fingerprint density at radius 1 is 1.30 bits per heavy atom. The third-order valence-electron chi connectivity index (χ3n) is 2.57. The largest absolute Gasteiger partial charge is 0.445 e. The first-order chi connectivity index (χ1) is 9.65. The van der Waals surface area contributed by atoms with Gasteiger partial charge in [0.05, 0.1) is 10.5 Å². The maximum Gasteiger partial charge on any atom is 0.408 e. The number of benzene rings is 1. The molecule has 1 amide bonds. The number of halogens is 1. The van der Waals surface area contributed by atoms with Crippen LogP contribution in [0.2, 0.25) is 0 Å². The van der Waals surface area contributed by atoms with E-state index in [9.17, 15) is 4.79 Å². The van der Waals surface area contributed by atoms with Crippen molar-refractivity contribution in [3.8, 4) is 0 Å². The van der Waals surface area contributed by atoms with E-state index in [0.717, 1.165) is 10.0 Å². The number of nitrogens with one attached hydrogen (secondary N) is 1. The van der Waals surface area contributed by atoms with Gasteiger partial charge < -0.3 is 10.1 Å². The van der Waals surface area contributed by atoms with E-state index < -0.39 is 6.09 Å². The van der Waals surface area contributed by atoms with Crippen LogP contribution >= 0.6 is 15.9 Å². The van der Waals surface area contributed by atoms with E-state index in [-0.39, 0.29) is 12.6 Å². The number of carbonyl (C=O) groups is 1. The second-order valence-electron chi connectivity index (χ2n) is 4.19. The van der Waals surface area contributed by atoms with Crippen molar-refractivity contribution in [2.45, 2.75) is 19.6 Å². The lowest BCUT2D eigenvalue weighted by Crippen LogP contribution is -2.28. The topological polar surface area (TPSA) is 64.1 Å². The van der Waals surface area contributed by atoms with E-state index in [4.69, 9.17) is 4.74 Å². The Morgan fingerprint density at radius 3 is 2.60 bits per heavy atom.